The summed E-state index contributed by atoms with van der Waals surface area (Å²) in [5, 5.41) is 3.42. The first kappa shape index (κ1) is 15.0. The lowest BCUT2D eigenvalue weighted by atomic mass is 9.65. The van der Waals surface area contributed by atoms with Crippen molar-refractivity contribution in [3.63, 3.8) is 0 Å². The molecule has 1 aliphatic carbocycles. The average Bonchev–Trinajstić information content (AvgIpc) is 2.30. The molecule has 1 unspecified atom stereocenters. The topological polar surface area (TPSA) is 21.3 Å². The Morgan fingerprint density at radius 2 is 1.88 bits per heavy atom. The van der Waals surface area contributed by atoms with Gasteiger partial charge in [-0.25, -0.2) is 0 Å². The van der Waals surface area contributed by atoms with Crippen LogP contribution in [0.2, 0.25) is 0 Å². The molecule has 1 aliphatic rings. The van der Waals surface area contributed by atoms with Crippen molar-refractivity contribution in [2.75, 3.05) is 27.3 Å². The zero-order valence-electron chi connectivity index (χ0n) is 12.2. The van der Waals surface area contributed by atoms with Crippen LogP contribution in [0.25, 0.3) is 0 Å². The van der Waals surface area contributed by atoms with Crippen LogP contribution in [0, 0.1) is 17.3 Å². The second-order valence-electron chi connectivity index (χ2n) is 6.26. The van der Waals surface area contributed by atoms with E-state index in [9.17, 15) is 0 Å². The van der Waals surface area contributed by atoms with Crippen LogP contribution in [0.15, 0.2) is 0 Å². The number of rotatable bonds is 7. The van der Waals surface area contributed by atoms with Crippen molar-refractivity contribution in [3.8, 4) is 0 Å². The molecule has 1 saturated carbocycles. The summed E-state index contributed by atoms with van der Waals surface area (Å²) in [6.45, 7) is 6.69. The summed E-state index contributed by atoms with van der Waals surface area (Å²) in [4.78, 5) is 0. The van der Waals surface area contributed by atoms with Crippen molar-refractivity contribution in [2.24, 2.45) is 17.3 Å². The number of methoxy groups -OCH3 is 1. The fraction of sp³-hybridized carbons (Fsp3) is 1.00. The predicted molar refractivity (Wildman–Crippen MR) is 74.3 cm³/mol. The smallest absolute Gasteiger partial charge is 0.0533 e. The fourth-order valence-corrected chi connectivity index (χ4v) is 3.78. The molecule has 1 atom stereocenters. The Balaban J connectivity index is 2.77. The summed E-state index contributed by atoms with van der Waals surface area (Å²) in [5.74, 6) is 1.60. The molecule has 0 radical (unpaired) electrons. The fourth-order valence-electron chi connectivity index (χ4n) is 3.78. The van der Waals surface area contributed by atoms with E-state index in [4.69, 9.17) is 4.74 Å². The molecule has 0 heterocycles. The molecule has 0 aromatic carbocycles. The largest absolute Gasteiger partial charge is 0.384 e. The maximum atomic E-state index is 5.57. The minimum Gasteiger partial charge on any atom is -0.384 e. The van der Waals surface area contributed by atoms with E-state index < -0.39 is 0 Å². The Morgan fingerprint density at radius 1 is 1.24 bits per heavy atom. The molecule has 0 bridgehead atoms. The summed E-state index contributed by atoms with van der Waals surface area (Å²) in [6.07, 6.45) is 8.35. The Kier molecular flexibility index (Phi) is 6.50. The minimum absolute atomic E-state index is 0.359. The van der Waals surface area contributed by atoms with Crippen LogP contribution in [0.3, 0.4) is 0 Å². The highest BCUT2D eigenvalue weighted by Gasteiger charge is 2.39. The molecular formula is C15H31NO. The average molecular weight is 241 g/mol. The third kappa shape index (κ3) is 4.26. The standard InChI is InChI=1S/C15H31NO/c1-13(2)10-15(11-16-3,12-17-4)14-8-6-5-7-9-14/h13-14,16H,5-12H2,1-4H3. The van der Waals surface area contributed by atoms with Crippen LogP contribution < -0.4 is 5.32 Å². The number of hydrogen-bond acceptors (Lipinski definition) is 2. The van der Waals surface area contributed by atoms with Gasteiger partial charge in [0.15, 0.2) is 0 Å². The molecule has 0 spiro atoms. The van der Waals surface area contributed by atoms with Crippen molar-refractivity contribution in [1.29, 1.82) is 0 Å². The van der Waals surface area contributed by atoms with Crippen molar-refractivity contribution < 1.29 is 4.74 Å². The van der Waals surface area contributed by atoms with Crippen molar-refractivity contribution >= 4 is 0 Å². The third-order valence-corrected chi connectivity index (χ3v) is 4.25. The first-order chi connectivity index (χ1) is 8.14. The highest BCUT2D eigenvalue weighted by atomic mass is 16.5. The van der Waals surface area contributed by atoms with E-state index in [1.165, 1.54) is 38.5 Å². The molecule has 2 heteroatoms. The number of nitrogens with one attached hydrogen (secondary N) is 1. The van der Waals surface area contributed by atoms with E-state index >= 15 is 0 Å². The molecule has 0 saturated heterocycles. The van der Waals surface area contributed by atoms with Gasteiger partial charge < -0.3 is 10.1 Å². The number of hydrogen-bond donors (Lipinski definition) is 1. The first-order valence-corrected chi connectivity index (χ1v) is 7.28. The van der Waals surface area contributed by atoms with Crippen LogP contribution in [0.5, 0.6) is 0 Å². The SMILES string of the molecule is CNCC(COC)(CC(C)C)C1CCCCC1. The van der Waals surface area contributed by atoms with E-state index in [-0.39, 0.29) is 0 Å². The highest BCUT2D eigenvalue weighted by Crippen LogP contribution is 2.42. The quantitative estimate of drug-likeness (QED) is 0.737. The second kappa shape index (κ2) is 7.38. The Hall–Kier alpha value is -0.0800. The predicted octanol–water partition coefficient (Wildman–Crippen LogP) is 3.47. The van der Waals surface area contributed by atoms with Crippen LogP contribution in [-0.4, -0.2) is 27.3 Å². The van der Waals surface area contributed by atoms with E-state index in [2.05, 4.69) is 26.2 Å². The van der Waals surface area contributed by atoms with Gasteiger partial charge in [-0.15, -0.1) is 0 Å². The Bertz CT molecular complexity index is 191. The van der Waals surface area contributed by atoms with Gasteiger partial charge in [-0.1, -0.05) is 33.1 Å². The van der Waals surface area contributed by atoms with Crippen LogP contribution in [0.4, 0.5) is 0 Å². The molecule has 0 amide bonds. The molecule has 102 valence electrons. The first-order valence-electron chi connectivity index (χ1n) is 7.28. The summed E-state index contributed by atoms with van der Waals surface area (Å²) >= 11 is 0. The zero-order chi connectivity index (χ0) is 12.7. The highest BCUT2D eigenvalue weighted by molar-refractivity contribution is 4.90. The van der Waals surface area contributed by atoms with Gasteiger partial charge in [0.25, 0.3) is 0 Å². The van der Waals surface area contributed by atoms with Crippen molar-refractivity contribution in [2.45, 2.75) is 52.4 Å². The summed E-state index contributed by atoms with van der Waals surface area (Å²) < 4.78 is 5.57. The Labute approximate surface area is 108 Å². The van der Waals surface area contributed by atoms with E-state index in [0.29, 0.717) is 5.41 Å². The van der Waals surface area contributed by atoms with Crippen molar-refractivity contribution in [1.82, 2.24) is 5.32 Å². The molecule has 2 nitrogen and oxygen atoms in total. The van der Waals surface area contributed by atoms with Gasteiger partial charge in [0, 0.05) is 19.1 Å². The van der Waals surface area contributed by atoms with Gasteiger partial charge in [0.05, 0.1) is 6.61 Å². The van der Waals surface area contributed by atoms with Gasteiger partial charge in [-0.2, -0.15) is 0 Å². The van der Waals surface area contributed by atoms with Crippen LogP contribution in [0.1, 0.15) is 52.4 Å². The van der Waals surface area contributed by atoms with Crippen molar-refractivity contribution in [3.05, 3.63) is 0 Å². The lowest BCUT2D eigenvalue weighted by molar-refractivity contribution is 0.000872. The molecule has 17 heavy (non-hydrogen) atoms. The molecule has 0 aromatic heterocycles. The molecule has 0 aliphatic heterocycles. The normalized spacial score (nSPS) is 21.7. The minimum atomic E-state index is 0.359. The monoisotopic (exact) mass is 241 g/mol. The second-order valence-corrected chi connectivity index (χ2v) is 6.26. The summed E-state index contributed by atoms with van der Waals surface area (Å²) in [7, 11) is 3.93. The van der Waals surface area contributed by atoms with Crippen LogP contribution in [-0.2, 0) is 4.74 Å². The molecule has 1 N–H and O–H groups in total. The maximum Gasteiger partial charge on any atom is 0.0533 e. The van der Waals surface area contributed by atoms with Gasteiger partial charge in [-0.3, -0.25) is 0 Å². The van der Waals surface area contributed by atoms with Gasteiger partial charge >= 0.3 is 0 Å². The van der Waals surface area contributed by atoms with E-state index in [0.717, 1.165) is 25.0 Å². The maximum absolute atomic E-state index is 5.57. The lowest BCUT2D eigenvalue weighted by Crippen LogP contribution is -2.44. The van der Waals surface area contributed by atoms with Gasteiger partial charge in [-0.05, 0) is 38.1 Å². The van der Waals surface area contributed by atoms with Gasteiger partial charge in [0.1, 0.15) is 0 Å². The van der Waals surface area contributed by atoms with Crippen LogP contribution >= 0.6 is 0 Å². The molecule has 1 fully saturated rings. The Morgan fingerprint density at radius 3 is 2.35 bits per heavy atom. The van der Waals surface area contributed by atoms with Gasteiger partial charge in [0.2, 0.25) is 0 Å². The lowest BCUT2D eigenvalue weighted by Gasteiger charge is -2.43. The molecule has 0 aromatic rings. The molecular weight excluding hydrogens is 210 g/mol. The third-order valence-electron chi connectivity index (χ3n) is 4.25. The zero-order valence-corrected chi connectivity index (χ0v) is 12.2. The van der Waals surface area contributed by atoms with E-state index in [1.807, 2.05) is 7.11 Å². The van der Waals surface area contributed by atoms with E-state index in [1.54, 1.807) is 0 Å². The summed E-state index contributed by atoms with van der Waals surface area (Å²) in [5.41, 5.74) is 0.359. The molecule has 1 rings (SSSR count). The number of ether oxygens (including phenoxy) is 1. The summed E-state index contributed by atoms with van der Waals surface area (Å²) in [6, 6.07) is 0.